The highest BCUT2D eigenvalue weighted by molar-refractivity contribution is 5.78. The van der Waals surface area contributed by atoms with Gasteiger partial charge >= 0.3 is 11.8 Å². The normalized spacial score (nSPS) is 12.0. The van der Waals surface area contributed by atoms with Gasteiger partial charge in [0.1, 0.15) is 30.1 Å². The molecule has 0 fully saturated rings. The van der Waals surface area contributed by atoms with Crippen molar-refractivity contribution in [3.8, 4) is 11.6 Å². The summed E-state index contributed by atoms with van der Waals surface area (Å²) in [4.78, 5) is 84.9. The zero-order valence-corrected chi connectivity index (χ0v) is 53.1. The summed E-state index contributed by atoms with van der Waals surface area (Å²) < 4.78 is 10.6. The summed E-state index contributed by atoms with van der Waals surface area (Å²) in [5, 5.41) is 29.9. The fraction of sp³-hybridized carbons (Fsp3) is 0.344. The fourth-order valence-corrected chi connectivity index (χ4v) is 10.3. The van der Waals surface area contributed by atoms with E-state index in [-0.39, 0.29) is 51.7 Å². The number of nitrogens with zero attached hydrogens (tertiary/aromatic N) is 18. The molecule has 8 heterocycles. The number of aromatic nitrogens is 14. The third-order valence-electron chi connectivity index (χ3n) is 15.2. The van der Waals surface area contributed by atoms with E-state index in [0.29, 0.717) is 79.0 Å². The van der Waals surface area contributed by atoms with Gasteiger partial charge in [0.15, 0.2) is 35.0 Å². The van der Waals surface area contributed by atoms with Crippen molar-refractivity contribution in [2.24, 2.45) is 14.1 Å². The minimum atomic E-state index is -0.469. The lowest BCUT2D eigenvalue weighted by molar-refractivity contribution is -0.903. The summed E-state index contributed by atoms with van der Waals surface area (Å²) in [7, 11) is 11.5. The van der Waals surface area contributed by atoms with Gasteiger partial charge in [-0.05, 0) is 69.5 Å². The van der Waals surface area contributed by atoms with Crippen LogP contribution in [0.2, 0.25) is 0 Å². The van der Waals surface area contributed by atoms with Crippen molar-refractivity contribution in [3.05, 3.63) is 210 Å². The van der Waals surface area contributed by atoms with E-state index in [0.717, 1.165) is 59.8 Å². The Labute approximate surface area is 520 Å². The molecule has 0 aliphatic heterocycles. The minimum absolute atomic E-state index is 0.0287. The molecule has 90 heavy (non-hydrogen) atoms. The summed E-state index contributed by atoms with van der Waals surface area (Å²) in [6.45, 7) is 23.4. The molecular formula is C64H78N20O6+2. The molecule has 26 nitrogen and oxygen atoms in total. The Morgan fingerprint density at radius 1 is 0.578 bits per heavy atom. The van der Waals surface area contributed by atoms with Crippen molar-refractivity contribution < 1.29 is 18.8 Å². The van der Waals surface area contributed by atoms with Crippen LogP contribution in [0.5, 0.6) is 0 Å². The lowest BCUT2D eigenvalue weighted by Crippen LogP contribution is -2.40. The van der Waals surface area contributed by atoms with Crippen molar-refractivity contribution in [2.75, 3.05) is 51.9 Å². The van der Waals surface area contributed by atoms with Gasteiger partial charge in [0.2, 0.25) is 17.6 Å². The molecule has 2 aromatic carbocycles. The summed E-state index contributed by atoms with van der Waals surface area (Å²) in [5.74, 6) is 1.76. The Morgan fingerprint density at radius 3 is 1.42 bits per heavy atom. The van der Waals surface area contributed by atoms with Crippen LogP contribution >= 0.6 is 0 Å². The topological polar surface area (TPSA) is 277 Å². The van der Waals surface area contributed by atoms with Crippen LogP contribution in [0.4, 0.5) is 35.0 Å². The second-order valence-electron chi connectivity index (χ2n) is 25.7. The van der Waals surface area contributed by atoms with Crippen molar-refractivity contribution >= 4 is 57.1 Å². The van der Waals surface area contributed by atoms with E-state index in [2.05, 4.69) is 99.4 Å². The predicted molar refractivity (Wildman–Crippen MR) is 348 cm³/mol. The zero-order chi connectivity index (χ0) is 65.0. The van der Waals surface area contributed by atoms with Gasteiger partial charge in [-0.25, -0.2) is 52.8 Å². The van der Waals surface area contributed by atoms with E-state index in [1.54, 1.807) is 57.4 Å². The number of hydrogen-bond donors (Lipinski definition) is 2. The number of hydrogen-bond acceptors (Lipinski definition) is 16. The highest BCUT2D eigenvalue weighted by Crippen LogP contribution is 2.27. The second-order valence-corrected chi connectivity index (χ2v) is 25.7. The van der Waals surface area contributed by atoms with Crippen LogP contribution in [-0.2, 0) is 63.9 Å². The molecule has 468 valence electrons. The molecule has 0 spiro atoms. The van der Waals surface area contributed by atoms with Crippen LogP contribution in [-0.4, -0.2) is 128 Å². The van der Waals surface area contributed by atoms with Crippen molar-refractivity contribution in [3.63, 3.8) is 0 Å². The molecular weight excluding hydrogens is 1140 g/mol. The van der Waals surface area contributed by atoms with Gasteiger partial charge in [0.25, 0.3) is 11.1 Å². The smallest absolute Gasteiger partial charge is 0.390 e. The first-order valence-electron chi connectivity index (χ1n) is 29.3. The summed E-state index contributed by atoms with van der Waals surface area (Å²) >= 11 is 0. The molecule has 8 aromatic heterocycles. The first kappa shape index (κ1) is 64.1. The minimum Gasteiger partial charge on any atom is -0.390 e. The Hall–Kier alpha value is -10.3. The zero-order valence-electron chi connectivity index (χ0n) is 53.1. The number of nitro groups is 2. The molecule has 26 heteroatoms. The van der Waals surface area contributed by atoms with Gasteiger partial charge in [-0.15, -0.1) is 13.2 Å². The molecule has 0 amide bonds. The van der Waals surface area contributed by atoms with E-state index in [4.69, 9.17) is 19.9 Å². The molecule has 0 aliphatic rings. The van der Waals surface area contributed by atoms with Crippen LogP contribution in [0.15, 0.2) is 145 Å². The lowest BCUT2D eigenvalue weighted by atomic mass is 9.92. The third-order valence-corrected chi connectivity index (χ3v) is 15.2. The Morgan fingerprint density at radius 2 is 1.02 bits per heavy atom. The molecule has 10 rings (SSSR count). The number of aryl methyl sites for hydroxylation is 2. The number of imidazole rings is 2. The third kappa shape index (κ3) is 14.6. The molecule has 10 aromatic rings. The van der Waals surface area contributed by atoms with Gasteiger partial charge in [0.05, 0.1) is 68.5 Å². The van der Waals surface area contributed by atoms with Crippen LogP contribution in [0, 0.1) is 20.2 Å². The Balaban J connectivity index is 0.000000213. The first-order chi connectivity index (χ1) is 42.5. The Bertz CT molecular complexity index is 4420. The number of pyridine rings is 2. The molecule has 0 atom stereocenters. The van der Waals surface area contributed by atoms with E-state index < -0.39 is 4.92 Å². The van der Waals surface area contributed by atoms with Crippen LogP contribution in [0.25, 0.3) is 33.7 Å². The maximum Gasteiger partial charge on any atom is 0.434 e. The molecule has 0 saturated carbocycles. The average Bonchev–Trinajstić information content (AvgIpc) is 1.75. The summed E-state index contributed by atoms with van der Waals surface area (Å²) in [6.07, 6.45) is 11.2. The molecule has 2 N–H and O–H groups in total. The van der Waals surface area contributed by atoms with Crippen LogP contribution < -0.4 is 21.8 Å². The number of nitrogens with one attached hydrogen (secondary N) is 2. The number of likely N-dealkylation sites (N-methyl/N-ethyl adjacent to an activating group) is 2. The largest absolute Gasteiger partial charge is 0.434 e. The van der Waals surface area contributed by atoms with Gasteiger partial charge in [-0.2, -0.15) is 9.97 Å². The number of allylic oxidation sites excluding steroid dienone is 2. The SMILES string of the molecule is C=CCn1c(=O)c2cnc(Nc3ccc(CC[N+](C)(C)Cc4cn(C)c([N+](=O)[O-])n4)cc3)nc2n1-c1cccc(C(C)(C)C)n1.C=CCn1c(=O)c2cnc(Nc3ccc(CC[N+](C)(C)Cc4ncn(C)c4[N+](=O)[O-])cc3)nc2n1-c1cccc(C(C)(C)C)n1. The first-order valence-corrected chi connectivity index (χ1v) is 29.3. The van der Waals surface area contributed by atoms with Gasteiger partial charge in [-0.3, -0.25) is 9.59 Å². The average molecular weight is 1220 g/mol. The standard InChI is InChI=1S/2C32H38N10O3/c1-8-17-39-29(43)25-19-33-30(37-28(25)40(39)27-11-9-10-26(36-27)32(2,3)4)34-23-14-12-22(13-15-23)16-18-42(6,7)21-24-20-38(5)31(35-24)41(44)45;1-8-17-39-30(43)24-19-33-31(37-28(24)40(39)27-11-9-10-26(36-27)32(2,3)4)35-23-14-12-22(13-15-23)16-18-42(6,7)20-25-29(41(44)45)38(5)21-34-25/h8-15,19-20H,1,16-18,21H2,2-7H3;8-15,19,21H,1,16-18,20H2,2-7H3/p+2. The van der Waals surface area contributed by atoms with Crippen molar-refractivity contribution in [1.82, 2.24) is 67.7 Å². The van der Waals surface area contributed by atoms with E-state index >= 15 is 0 Å². The van der Waals surface area contributed by atoms with Crippen molar-refractivity contribution in [1.29, 1.82) is 0 Å². The lowest BCUT2D eigenvalue weighted by Gasteiger charge is -2.28. The number of quaternary nitrogens is 2. The summed E-state index contributed by atoms with van der Waals surface area (Å²) in [5.41, 5.74) is 6.95. The predicted octanol–water partition coefficient (Wildman–Crippen LogP) is 9.33. The summed E-state index contributed by atoms with van der Waals surface area (Å²) in [6, 6.07) is 27.5. The van der Waals surface area contributed by atoms with Crippen molar-refractivity contribution in [2.45, 2.75) is 91.4 Å². The molecule has 0 saturated heterocycles. The van der Waals surface area contributed by atoms with Crippen LogP contribution in [0.1, 0.15) is 75.4 Å². The highest BCUT2D eigenvalue weighted by atomic mass is 16.6. The second kappa shape index (κ2) is 25.8. The maximum absolute atomic E-state index is 13.3. The molecule has 0 unspecified atom stereocenters. The van der Waals surface area contributed by atoms with Gasteiger partial charge < -0.3 is 39.8 Å². The quantitative estimate of drug-likeness (QED) is 0.0277. The molecule has 0 bridgehead atoms. The number of benzene rings is 2. The highest BCUT2D eigenvalue weighted by Gasteiger charge is 2.29. The van der Waals surface area contributed by atoms with E-state index in [9.17, 15) is 29.8 Å². The molecule has 0 aliphatic carbocycles. The Kier molecular flexibility index (Phi) is 18.4. The van der Waals surface area contributed by atoms with Gasteiger partial charge in [-0.1, -0.05) is 95.1 Å². The van der Waals surface area contributed by atoms with Crippen LogP contribution in [0.3, 0.4) is 0 Å². The fourth-order valence-electron chi connectivity index (χ4n) is 10.3. The molecule has 0 radical (unpaired) electrons. The van der Waals surface area contributed by atoms with E-state index in [1.165, 1.54) is 21.7 Å². The number of fused-ring (bicyclic) bond motifs is 2. The number of rotatable bonds is 22. The van der Waals surface area contributed by atoms with Gasteiger partial charge in [0, 0.05) is 58.8 Å². The number of anilines is 4. The maximum atomic E-state index is 13.3. The van der Waals surface area contributed by atoms with E-state index in [1.807, 2.05) is 99.0 Å². The monoisotopic (exact) mass is 1220 g/mol.